The molecule has 1 saturated heterocycles. The summed E-state index contributed by atoms with van der Waals surface area (Å²) in [5.74, 6) is 0. The van der Waals surface area contributed by atoms with Crippen LogP contribution >= 0.6 is 7.92 Å². The van der Waals surface area contributed by atoms with E-state index in [1.54, 1.807) is 0 Å². The number of hydrogen-bond donors (Lipinski definition) is 0. The molecule has 0 amide bonds. The van der Waals surface area contributed by atoms with Crippen molar-refractivity contribution < 1.29 is 0 Å². The fourth-order valence-corrected chi connectivity index (χ4v) is 7.52. The SMILES string of the molecule is CC(C)(C)N1[C]N(CP2[C@H](c3ccccc3)CC[C@H]2c2ccccc2)C=C1. The fraction of sp³-hybridized carbons (Fsp3) is 0.375. The van der Waals surface area contributed by atoms with Crippen LogP contribution in [-0.2, 0) is 0 Å². The molecule has 27 heavy (non-hydrogen) atoms. The van der Waals surface area contributed by atoms with Crippen molar-refractivity contribution in [2.24, 2.45) is 0 Å². The molecule has 3 heteroatoms. The minimum atomic E-state index is -0.205. The highest BCUT2D eigenvalue weighted by molar-refractivity contribution is 7.58. The van der Waals surface area contributed by atoms with Crippen molar-refractivity contribution in [3.63, 3.8) is 0 Å². The first-order valence-corrected chi connectivity index (χ1v) is 11.5. The second-order valence-electron chi connectivity index (χ2n) is 8.49. The van der Waals surface area contributed by atoms with Crippen molar-refractivity contribution in [1.29, 1.82) is 0 Å². The van der Waals surface area contributed by atoms with Crippen molar-refractivity contribution in [3.05, 3.63) is 90.9 Å². The van der Waals surface area contributed by atoms with Crippen LogP contribution in [0.2, 0.25) is 0 Å². The van der Waals surface area contributed by atoms with Gasteiger partial charge in [-0.15, -0.1) is 0 Å². The van der Waals surface area contributed by atoms with Gasteiger partial charge in [-0.25, -0.2) is 0 Å². The van der Waals surface area contributed by atoms with Gasteiger partial charge in [0.2, 0.25) is 6.67 Å². The summed E-state index contributed by atoms with van der Waals surface area (Å²) in [6, 6.07) is 22.3. The van der Waals surface area contributed by atoms with E-state index in [1.165, 1.54) is 24.0 Å². The highest BCUT2D eigenvalue weighted by Gasteiger charge is 2.39. The lowest BCUT2D eigenvalue weighted by atomic mass is 10.0. The molecule has 0 saturated carbocycles. The van der Waals surface area contributed by atoms with Gasteiger partial charge in [0.05, 0.1) is 0 Å². The largest absolute Gasteiger partial charge is 0.342 e. The number of rotatable bonds is 4. The molecule has 2 aliphatic heterocycles. The van der Waals surface area contributed by atoms with Gasteiger partial charge in [0.1, 0.15) is 0 Å². The van der Waals surface area contributed by atoms with E-state index in [2.05, 4.69) is 110 Å². The average molecular weight is 376 g/mol. The van der Waals surface area contributed by atoms with Gasteiger partial charge >= 0.3 is 0 Å². The number of benzene rings is 2. The summed E-state index contributed by atoms with van der Waals surface area (Å²) >= 11 is 0. The molecule has 2 heterocycles. The molecule has 2 aromatic rings. The second-order valence-corrected chi connectivity index (χ2v) is 11.1. The summed E-state index contributed by atoms with van der Waals surface area (Å²) in [4.78, 5) is 4.50. The van der Waals surface area contributed by atoms with E-state index in [1.807, 2.05) is 0 Å². The fourth-order valence-electron chi connectivity index (χ4n) is 4.11. The van der Waals surface area contributed by atoms with E-state index in [4.69, 9.17) is 0 Å². The lowest BCUT2D eigenvalue weighted by molar-refractivity contribution is 0.224. The number of hydrogen-bond acceptors (Lipinski definition) is 2. The molecule has 4 rings (SSSR count). The lowest BCUT2D eigenvalue weighted by Gasteiger charge is -2.34. The van der Waals surface area contributed by atoms with E-state index in [-0.39, 0.29) is 13.5 Å². The first-order valence-electron chi connectivity index (χ1n) is 9.88. The molecule has 2 atom stereocenters. The average Bonchev–Trinajstić information content (AvgIpc) is 3.31. The van der Waals surface area contributed by atoms with Crippen LogP contribution in [0.25, 0.3) is 0 Å². The van der Waals surface area contributed by atoms with E-state index in [9.17, 15) is 0 Å². The molecule has 2 nitrogen and oxygen atoms in total. The van der Waals surface area contributed by atoms with Gasteiger partial charge in [-0.2, -0.15) is 0 Å². The third-order valence-electron chi connectivity index (χ3n) is 5.55. The summed E-state index contributed by atoms with van der Waals surface area (Å²) < 4.78 is 0. The summed E-state index contributed by atoms with van der Waals surface area (Å²) in [5, 5.41) is 0. The van der Waals surface area contributed by atoms with Crippen LogP contribution in [0.1, 0.15) is 56.1 Å². The van der Waals surface area contributed by atoms with Gasteiger partial charge in [0.25, 0.3) is 0 Å². The Morgan fingerprint density at radius 2 is 1.37 bits per heavy atom. The molecule has 0 unspecified atom stereocenters. The van der Waals surface area contributed by atoms with Crippen molar-refractivity contribution in [3.8, 4) is 0 Å². The quantitative estimate of drug-likeness (QED) is 0.556. The van der Waals surface area contributed by atoms with Crippen LogP contribution in [0, 0.1) is 6.67 Å². The van der Waals surface area contributed by atoms with Crippen LogP contribution in [-0.4, -0.2) is 21.6 Å². The highest BCUT2D eigenvalue weighted by Crippen LogP contribution is 2.70. The van der Waals surface area contributed by atoms with Gasteiger partial charge in [0.15, 0.2) is 0 Å². The zero-order valence-electron chi connectivity index (χ0n) is 16.5. The van der Waals surface area contributed by atoms with Crippen LogP contribution in [0.4, 0.5) is 0 Å². The normalized spacial score (nSPS) is 23.4. The van der Waals surface area contributed by atoms with E-state index in [0.717, 1.165) is 6.29 Å². The van der Waals surface area contributed by atoms with E-state index < -0.39 is 0 Å². The Morgan fingerprint density at radius 3 is 1.81 bits per heavy atom. The number of nitrogens with zero attached hydrogens (tertiary/aromatic N) is 2. The Balaban J connectivity index is 1.57. The maximum absolute atomic E-state index is 3.57. The molecule has 1 fully saturated rings. The molecule has 0 aromatic heterocycles. The van der Waals surface area contributed by atoms with Crippen LogP contribution in [0.5, 0.6) is 0 Å². The summed E-state index contributed by atoms with van der Waals surface area (Å²) in [7, 11) is -0.205. The molecule has 2 aromatic carbocycles. The Kier molecular flexibility index (Phi) is 5.28. The molecule has 0 bridgehead atoms. The minimum Gasteiger partial charge on any atom is -0.342 e. The molecule has 2 aliphatic rings. The minimum absolute atomic E-state index is 0.0752. The summed E-state index contributed by atoms with van der Waals surface area (Å²) in [6.07, 6.45) is 8.03. The maximum Gasteiger partial charge on any atom is 0.208 e. The predicted octanol–water partition coefficient (Wildman–Crippen LogP) is 6.59. The molecule has 2 radical (unpaired) electrons. The molecule has 140 valence electrons. The van der Waals surface area contributed by atoms with Crippen molar-refractivity contribution in [1.82, 2.24) is 9.80 Å². The zero-order chi connectivity index (χ0) is 18.9. The maximum atomic E-state index is 3.57. The molecule has 0 aliphatic carbocycles. The molecular weight excluding hydrogens is 347 g/mol. The Bertz CT molecular complexity index is 718. The zero-order valence-corrected chi connectivity index (χ0v) is 17.4. The predicted molar refractivity (Wildman–Crippen MR) is 115 cm³/mol. The van der Waals surface area contributed by atoms with Gasteiger partial charge < -0.3 is 9.80 Å². The standard InChI is InChI=1S/C24H29N2P/c1-24(2,3)26-17-16-25(18-26)19-27-22(20-10-6-4-7-11-20)14-15-23(27)21-12-8-5-9-13-21/h4-13,16-17,22-23H,14-15,19H2,1-3H3/t22-,23-/m0/s1. The van der Waals surface area contributed by atoms with Crippen molar-refractivity contribution in [2.45, 2.75) is 50.5 Å². The Hall–Kier alpha value is -1.79. The summed E-state index contributed by atoms with van der Waals surface area (Å²) in [6.45, 7) is 10.3. The van der Waals surface area contributed by atoms with Gasteiger partial charge in [-0.1, -0.05) is 68.6 Å². The molecule has 0 spiro atoms. The van der Waals surface area contributed by atoms with Gasteiger partial charge in [-0.3, -0.25) is 0 Å². The Labute approximate surface area is 165 Å². The molecule has 0 N–H and O–H groups in total. The third-order valence-corrected chi connectivity index (χ3v) is 8.90. The van der Waals surface area contributed by atoms with Gasteiger partial charge in [0, 0.05) is 35.5 Å². The van der Waals surface area contributed by atoms with Crippen molar-refractivity contribution in [2.75, 3.05) is 6.29 Å². The second kappa shape index (κ2) is 7.68. The van der Waals surface area contributed by atoms with Crippen LogP contribution < -0.4 is 0 Å². The van der Waals surface area contributed by atoms with Crippen LogP contribution in [0.3, 0.4) is 0 Å². The summed E-state index contributed by atoms with van der Waals surface area (Å²) in [5.41, 5.74) is 4.44. The van der Waals surface area contributed by atoms with E-state index >= 15 is 0 Å². The Morgan fingerprint density at radius 1 is 0.852 bits per heavy atom. The van der Waals surface area contributed by atoms with Crippen molar-refractivity contribution >= 4 is 7.92 Å². The first-order chi connectivity index (χ1) is 13.0. The lowest BCUT2D eigenvalue weighted by Crippen LogP contribution is -2.35. The smallest absolute Gasteiger partial charge is 0.208 e. The monoisotopic (exact) mass is 376 g/mol. The third kappa shape index (κ3) is 4.06. The van der Waals surface area contributed by atoms with E-state index in [0.29, 0.717) is 11.3 Å². The topological polar surface area (TPSA) is 6.48 Å². The van der Waals surface area contributed by atoms with Gasteiger partial charge in [-0.05, 0) is 44.7 Å². The highest BCUT2D eigenvalue weighted by atomic mass is 31.1. The van der Waals surface area contributed by atoms with Crippen LogP contribution in [0.15, 0.2) is 73.1 Å². The first kappa shape index (κ1) is 18.6. The molecular formula is C24H29N2P.